The molecule has 0 spiro atoms. The molecule has 2 aromatic heterocycles. The number of anilines is 1. The topological polar surface area (TPSA) is 75.2 Å². The smallest absolute Gasteiger partial charge is 0.230 e. The maximum absolute atomic E-state index is 12.4. The lowest BCUT2D eigenvalue weighted by molar-refractivity contribution is -0.131. The number of amides is 2. The second-order valence-corrected chi connectivity index (χ2v) is 7.70. The van der Waals surface area contributed by atoms with Crippen molar-refractivity contribution in [3.8, 4) is 10.6 Å². The van der Waals surface area contributed by atoms with Gasteiger partial charge in [-0.3, -0.25) is 14.6 Å². The highest BCUT2D eigenvalue weighted by Crippen LogP contribution is 2.28. The molecule has 126 valence electrons. The number of aromatic nitrogens is 2. The molecule has 1 fully saturated rings. The first kappa shape index (κ1) is 16.6. The van der Waals surface area contributed by atoms with Crippen LogP contribution in [0, 0.1) is 5.92 Å². The van der Waals surface area contributed by atoms with Gasteiger partial charge < -0.3 is 10.2 Å². The van der Waals surface area contributed by atoms with Crippen molar-refractivity contribution in [3.05, 3.63) is 29.9 Å². The molecule has 0 aromatic carbocycles. The van der Waals surface area contributed by atoms with Crippen LogP contribution in [0.5, 0.6) is 0 Å². The highest BCUT2D eigenvalue weighted by Gasteiger charge is 2.39. The second-order valence-electron chi connectivity index (χ2n) is 6.84. The van der Waals surface area contributed by atoms with Crippen LogP contribution >= 0.6 is 11.3 Å². The lowest BCUT2D eigenvalue weighted by Crippen LogP contribution is -2.42. The summed E-state index contributed by atoms with van der Waals surface area (Å²) >= 11 is 1.46. The maximum Gasteiger partial charge on any atom is 0.230 e. The summed E-state index contributed by atoms with van der Waals surface area (Å²) in [6.07, 6.45) is 3.67. The van der Waals surface area contributed by atoms with Gasteiger partial charge >= 0.3 is 0 Å². The van der Waals surface area contributed by atoms with Crippen LogP contribution in [0.1, 0.15) is 27.2 Å². The van der Waals surface area contributed by atoms with Gasteiger partial charge in [0.15, 0.2) is 0 Å². The minimum atomic E-state index is -0.331. The van der Waals surface area contributed by atoms with Crippen LogP contribution in [-0.4, -0.2) is 38.8 Å². The van der Waals surface area contributed by atoms with E-state index in [1.807, 2.05) is 38.3 Å². The van der Waals surface area contributed by atoms with Gasteiger partial charge in [-0.15, -0.1) is 11.3 Å². The van der Waals surface area contributed by atoms with Crippen LogP contribution in [0.15, 0.2) is 29.9 Å². The Morgan fingerprint density at radius 3 is 2.67 bits per heavy atom. The van der Waals surface area contributed by atoms with Gasteiger partial charge in [-0.2, -0.15) is 0 Å². The molecule has 7 heteroatoms. The Morgan fingerprint density at radius 1 is 1.33 bits per heavy atom. The molecule has 0 bridgehead atoms. The summed E-state index contributed by atoms with van der Waals surface area (Å²) in [6, 6.07) is 3.75. The minimum absolute atomic E-state index is 0.0263. The second kappa shape index (κ2) is 6.32. The van der Waals surface area contributed by atoms with Crippen LogP contribution in [0.2, 0.25) is 0 Å². The summed E-state index contributed by atoms with van der Waals surface area (Å²) in [5, 5.41) is 5.47. The van der Waals surface area contributed by atoms with Crippen LogP contribution in [-0.2, 0) is 9.59 Å². The van der Waals surface area contributed by atoms with Crippen molar-refractivity contribution in [1.29, 1.82) is 0 Å². The van der Waals surface area contributed by atoms with Gasteiger partial charge in [0.25, 0.3) is 0 Å². The fourth-order valence-corrected chi connectivity index (χ4v) is 3.48. The van der Waals surface area contributed by atoms with Crippen molar-refractivity contribution in [2.45, 2.75) is 32.7 Å². The predicted octanol–water partition coefficient (Wildman–Crippen LogP) is 2.79. The third kappa shape index (κ3) is 3.46. The van der Waals surface area contributed by atoms with Crippen LogP contribution < -0.4 is 5.32 Å². The quantitative estimate of drug-likeness (QED) is 0.929. The molecular formula is C17H20N4O2S. The largest absolute Gasteiger partial charge is 0.337 e. The maximum atomic E-state index is 12.4. The molecule has 6 nitrogen and oxygen atoms in total. The van der Waals surface area contributed by atoms with Gasteiger partial charge in [0.05, 0.1) is 5.92 Å². The van der Waals surface area contributed by atoms with Crippen LogP contribution in [0.25, 0.3) is 10.6 Å². The first-order valence-electron chi connectivity index (χ1n) is 7.82. The molecule has 1 N–H and O–H groups in total. The lowest BCUT2D eigenvalue weighted by atomic mass is 10.1. The van der Waals surface area contributed by atoms with Crippen molar-refractivity contribution in [1.82, 2.24) is 14.9 Å². The lowest BCUT2D eigenvalue weighted by Gasteiger charge is -2.31. The molecule has 24 heavy (non-hydrogen) atoms. The molecule has 1 aliphatic heterocycles. The van der Waals surface area contributed by atoms with Crippen molar-refractivity contribution >= 4 is 29.0 Å². The average molecular weight is 344 g/mol. The molecule has 1 aliphatic rings. The number of rotatable bonds is 3. The highest BCUT2D eigenvalue weighted by atomic mass is 32.1. The van der Waals surface area contributed by atoms with E-state index in [0.29, 0.717) is 12.4 Å². The molecular weight excluding hydrogens is 324 g/mol. The third-order valence-electron chi connectivity index (χ3n) is 3.99. The van der Waals surface area contributed by atoms with Gasteiger partial charge in [0.1, 0.15) is 10.8 Å². The number of nitrogens with zero attached hydrogens (tertiary/aromatic N) is 3. The zero-order valence-electron chi connectivity index (χ0n) is 13.9. The Kier molecular flexibility index (Phi) is 4.36. The molecule has 2 amide bonds. The van der Waals surface area contributed by atoms with Crippen molar-refractivity contribution < 1.29 is 9.59 Å². The number of carbonyl (C=O) groups excluding carboxylic acids is 2. The molecule has 3 rings (SSSR count). The number of hydrogen-bond acceptors (Lipinski definition) is 5. The minimum Gasteiger partial charge on any atom is -0.337 e. The van der Waals surface area contributed by atoms with E-state index in [0.717, 1.165) is 10.6 Å². The number of thiazole rings is 1. The van der Waals surface area contributed by atoms with Crippen LogP contribution in [0.3, 0.4) is 0 Å². The zero-order valence-corrected chi connectivity index (χ0v) is 14.8. The number of likely N-dealkylation sites (tertiary alicyclic amines) is 1. The summed E-state index contributed by atoms with van der Waals surface area (Å²) in [5.74, 6) is 0.0707. The first-order chi connectivity index (χ1) is 11.3. The summed E-state index contributed by atoms with van der Waals surface area (Å²) in [7, 11) is 0. The molecule has 1 unspecified atom stereocenters. The molecule has 0 radical (unpaired) electrons. The van der Waals surface area contributed by atoms with E-state index in [2.05, 4.69) is 15.3 Å². The third-order valence-corrected chi connectivity index (χ3v) is 4.88. The van der Waals surface area contributed by atoms with Crippen LogP contribution in [0.4, 0.5) is 5.82 Å². The summed E-state index contributed by atoms with van der Waals surface area (Å²) in [5.41, 5.74) is 0.701. The average Bonchev–Trinajstić information content (AvgIpc) is 3.14. The van der Waals surface area contributed by atoms with Crippen molar-refractivity contribution in [3.63, 3.8) is 0 Å². The van der Waals surface area contributed by atoms with Gasteiger partial charge in [-0.1, -0.05) is 0 Å². The van der Waals surface area contributed by atoms with Gasteiger partial charge in [0, 0.05) is 41.8 Å². The SMILES string of the molecule is CC(C)(C)N1CC(C(=O)Nc2csc(-c3ccncc3)n2)CC1=O. The molecule has 2 aromatic rings. The Hall–Kier alpha value is -2.28. The Balaban J connectivity index is 1.66. The van der Waals surface area contributed by atoms with Crippen molar-refractivity contribution in [2.24, 2.45) is 5.92 Å². The zero-order chi connectivity index (χ0) is 17.3. The predicted molar refractivity (Wildman–Crippen MR) is 93.5 cm³/mol. The van der Waals surface area contributed by atoms with E-state index in [4.69, 9.17) is 0 Å². The van der Waals surface area contributed by atoms with Gasteiger partial charge in [-0.25, -0.2) is 4.98 Å². The highest BCUT2D eigenvalue weighted by molar-refractivity contribution is 7.13. The number of carbonyl (C=O) groups is 2. The first-order valence-corrected chi connectivity index (χ1v) is 8.70. The van der Waals surface area contributed by atoms with Crippen molar-refractivity contribution in [2.75, 3.05) is 11.9 Å². The monoisotopic (exact) mass is 344 g/mol. The summed E-state index contributed by atoms with van der Waals surface area (Å²) in [6.45, 7) is 6.39. The Bertz CT molecular complexity index is 751. The van der Waals surface area contributed by atoms with E-state index in [9.17, 15) is 9.59 Å². The number of pyridine rings is 1. The summed E-state index contributed by atoms with van der Waals surface area (Å²) in [4.78, 5) is 34.7. The molecule has 0 saturated carbocycles. The Morgan fingerprint density at radius 2 is 2.04 bits per heavy atom. The van der Waals surface area contributed by atoms with Gasteiger partial charge in [-0.05, 0) is 32.9 Å². The van der Waals surface area contributed by atoms with Gasteiger partial charge in [0.2, 0.25) is 11.8 Å². The standard InChI is InChI=1S/C17H20N4O2S/c1-17(2,3)21-9-12(8-14(21)22)15(23)19-13-10-24-16(20-13)11-4-6-18-7-5-11/h4-7,10,12H,8-9H2,1-3H3,(H,19,23). The number of hydrogen-bond donors (Lipinski definition) is 1. The molecule has 1 saturated heterocycles. The summed E-state index contributed by atoms with van der Waals surface area (Å²) < 4.78 is 0. The normalized spacial score (nSPS) is 18.0. The molecule has 3 heterocycles. The fraction of sp³-hybridized carbons (Fsp3) is 0.412. The molecule has 0 aliphatic carbocycles. The molecule has 1 atom stereocenters. The van der Waals surface area contributed by atoms with E-state index in [-0.39, 0.29) is 29.7 Å². The van der Waals surface area contributed by atoms with E-state index >= 15 is 0 Å². The van der Waals surface area contributed by atoms with E-state index in [1.165, 1.54) is 11.3 Å². The van der Waals surface area contributed by atoms with E-state index in [1.54, 1.807) is 17.3 Å². The number of nitrogens with one attached hydrogen (secondary N) is 1. The fourth-order valence-electron chi connectivity index (χ4n) is 2.72. The Labute approximate surface area is 144 Å². The van der Waals surface area contributed by atoms with E-state index < -0.39 is 0 Å².